The molecule has 2 aromatic heterocycles. The summed E-state index contributed by atoms with van der Waals surface area (Å²) in [6.45, 7) is 1.96. The summed E-state index contributed by atoms with van der Waals surface area (Å²) in [5.74, 6) is 2.18. The molecule has 0 saturated heterocycles. The Kier molecular flexibility index (Phi) is 3.67. The Morgan fingerprint density at radius 1 is 1.08 bits per heavy atom. The van der Waals surface area contributed by atoms with Gasteiger partial charge in [-0.1, -0.05) is 11.6 Å². The molecule has 0 amide bonds. The van der Waals surface area contributed by atoms with Crippen molar-refractivity contribution in [3.05, 3.63) is 71.5 Å². The van der Waals surface area contributed by atoms with Gasteiger partial charge in [0, 0.05) is 23.0 Å². The first-order valence-electron chi connectivity index (χ1n) is 7.45. The molecule has 4 rings (SSSR count). The van der Waals surface area contributed by atoms with Gasteiger partial charge in [-0.25, -0.2) is 4.98 Å². The summed E-state index contributed by atoms with van der Waals surface area (Å²) >= 11 is 6.17. The summed E-state index contributed by atoms with van der Waals surface area (Å²) in [4.78, 5) is 11.9. The summed E-state index contributed by atoms with van der Waals surface area (Å²) in [6, 6.07) is 16.2. The lowest BCUT2D eigenvalue weighted by Gasteiger charge is -2.06. The Bertz CT molecular complexity index is 1010. The van der Waals surface area contributed by atoms with Gasteiger partial charge in [0.2, 0.25) is 0 Å². The highest BCUT2D eigenvalue weighted by Crippen LogP contribution is 2.29. The molecule has 5 heteroatoms. The number of imidazole rings is 1. The average molecular weight is 335 g/mol. The van der Waals surface area contributed by atoms with Gasteiger partial charge in [-0.05, 0) is 61.0 Å². The molecule has 0 spiro atoms. The normalized spacial score (nSPS) is 10.9. The number of aromatic amines is 1. The summed E-state index contributed by atoms with van der Waals surface area (Å²) in [5, 5.41) is 0.708. The fourth-order valence-corrected chi connectivity index (χ4v) is 2.66. The first-order valence-corrected chi connectivity index (χ1v) is 7.83. The SMILES string of the molecule is Cc1c(Cl)ccc2[nH]c(-c3[c]ccc(Oc4ccncc4)c3)nc12. The molecule has 2 heterocycles. The molecule has 0 bridgehead atoms. The number of H-pyrrole nitrogens is 1. The standard InChI is InChI=1S/C19H13ClN3O/c1-12-16(20)5-6-17-18(12)23-19(22-17)13-3-2-4-15(11-13)24-14-7-9-21-10-8-14/h2,4-11H,1H3,(H,22,23). The van der Waals surface area contributed by atoms with Crippen LogP contribution in [0.2, 0.25) is 5.02 Å². The van der Waals surface area contributed by atoms with E-state index in [0.717, 1.165) is 33.7 Å². The molecule has 0 aliphatic carbocycles. The fourth-order valence-electron chi connectivity index (χ4n) is 2.50. The molecule has 4 aromatic rings. The number of rotatable bonds is 3. The molecule has 0 atom stereocenters. The monoisotopic (exact) mass is 334 g/mol. The van der Waals surface area contributed by atoms with Crippen molar-refractivity contribution in [3.8, 4) is 22.9 Å². The van der Waals surface area contributed by atoms with Gasteiger partial charge in [-0.15, -0.1) is 0 Å². The van der Waals surface area contributed by atoms with Crippen LogP contribution in [-0.4, -0.2) is 15.0 Å². The van der Waals surface area contributed by atoms with E-state index in [-0.39, 0.29) is 0 Å². The topological polar surface area (TPSA) is 50.8 Å². The fraction of sp³-hybridized carbons (Fsp3) is 0.0526. The Morgan fingerprint density at radius 2 is 1.92 bits per heavy atom. The molecule has 0 unspecified atom stereocenters. The number of ether oxygens (including phenoxy) is 1. The maximum Gasteiger partial charge on any atom is 0.139 e. The van der Waals surface area contributed by atoms with E-state index in [1.54, 1.807) is 12.4 Å². The summed E-state index contributed by atoms with van der Waals surface area (Å²) in [7, 11) is 0. The van der Waals surface area contributed by atoms with Crippen LogP contribution in [0.15, 0.2) is 54.9 Å². The van der Waals surface area contributed by atoms with Gasteiger partial charge in [0.25, 0.3) is 0 Å². The van der Waals surface area contributed by atoms with Gasteiger partial charge in [-0.3, -0.25) is 4.98 Å². The first-order chi connectivity index (χ1) is 11.7. The van der Waals surface area contributed by atoms with Crippen molar-refractivity contribution in [2.75, 3.05) is 0 Å². The molecule has 1 N–H and O–H groups in total. The highest BCUT2D eigenvalue weighted by molar-refractivity contribution is 6.32. The lowest BCUT2D eigenvalue weighted by atomic mass is 10.2. The van der Waals surface area contributed by atoms with Gasteiger partial charge in [0.15, 0.2) is 0 Å². The van der Waals surface area contributed by atoms with Gasteiger partial charge in [0.1, 0.15) is 17.3 Å². The van der Waals surface area contributed by atoms with Crippen molar-refractivity contribution in [1.29, 1.82) is 0 Å². The van der Waals surface area contributed by atoms with Gasteiger partial charge in [0.05, 0.1) is 11.0 Å². The number of hydrogen-bond acceptors (Lipinski definition) is 3. The smallest absolute Gasteiger partial charge is 0.139 e. The Labute approximate surface area is 144 Å². The van der Waals surface area contributed by atoms with Crippen LogP contribution in [0.25, 0.3) is 22.4 Å². The van der Waals surface area contributed by atoms with Crippen molar-refractivity contribution in [2.45, 2.75) is 6.92 Å². The molecule has 1 radical (unpaired) electrons. The molecule has 0 aliphatic heterocycles. The van der Waals surface area contributed by atoms with Crippen LogP contribution in [0, 0.1) is 13.0 Å². The average Bonchev–Trinajstić information content (AvgIpc) is 3.05. The Morgan fingerprint density at radius 3 is 2.75 bits per heavy atom. The van der Waals surface area contributed by atoms with Crippen molar-refractivity contribution >= 4 is 22.6 Å². The molecular formula is C19H13ClN3O. The zero-order chi connectivity index (χ0) is 16.5. The largest absolute Gasteiger partial charge is 0.457 e. The minimum absolute atomic E-state index is 0.708. The second-order valence-electron chi connectivity index (χ2n) is 5.38. The van der Waals surface area contributed by atoms with E-state index in [1.165, 1.54) is 0 Å². The first kappa shape index (κ1) is 14.7. The third-order valence-corrected chi connectivity index (χ3v) is 4.16. The number of benzene rings is 2. The van der Waals surface area contributed by atoms with E-state index in [9.17, 15) is 0 Å². The number of nitrogens with zero attached hydrogens (tertiary/aromatic N) is 2. The summed E-state index contributed by atoms with van der Waals surface area (Å²) in [6.07, 6.45) is 3.38. The molecule has 0 saturated carbocycles. The van der Waals surface area contributed by atoms with E-state index in [1.807, 2.05) is 49.4 Å². The van der Waals surface area contributed by atoms with Crippen LogP contribution < -0.4 is 4.74 Å². The molecule has 117 valence electrons. The minimum Gasteiger partial charge on any atom is -0.457 e. The molecule has 2 aromatic carbocycles. The van der Waals surface area contributed by atoms with E-state index in [4.69, 9.17) is 16.3 Å². The number of hydrogen-bond donors (Lipinski definition) is 1. The van der Waals surface area contributed by atoms with Gasteiger partial charge < -0.3 is 9.72 Å². The maximum atomic E-state index is 6.17. The number of aryl methyl sites for hydroxylation is 1. The highest BCUT2D eigenvalue weighted by atomic mass is 35.5. The second kappa shape index (κ2) is 5.98. The molecule has 0 fully saturated rings. The number of nitrogens with one attached hydrogen (secondary N) is 1. The van der Waals surface area contributed by atoms with Crippen LogP contribution in [-0.2, 0) is 0 Å². The summed E-state index contributed by atoms with van der Waals surface area (Å²) < 4.78 is 5.83. The predicted molar refractivity (Wildman–Crippen MR) is 94.4 cm³/mol. The number of halogens is 1. The van der Waals surface area contributed by atoms with Crippen LogP contribution in [0.4, 0.5) is 0 Å². The zero-order valence-electron chi connectivity index (χ0n) is 12.9. The second-order valence-corrected chi connectivity index (χ2v) is 5.78. The third-order valence-electron chi connectivity index (χ3n) is 3.76. The van der Waals surface area contributed by atoms with Crippen LogP contribution >= 0.6 is 11.6 Å². The third kappa shape index (κ3) is 2.72. The number of aromatic nitrogens is 3. The van der Waals surface area contributed by atoms with E-state index < -0.39 is 0 Å². The van der Waals surface area contributed by atoms with Crippen LogP contribution in [0.5, 0.6) is 11.5 Å². The van der Waals surface area contributed by atoms with Crippen molar-refractivity contribution in [1.82, 2.24) is 15.0 Å². The number of pyridine rings is 1. The Hall–Kier alpha value is -2.85. The van der Waals surface area contributed by atoms with E-state index in [0.29, 0.717) is 10.8 Å². The van der Waals surface area contributed by atoms with Crippen molar-refractivity contribution in [2.24, 2.45) is 0 Å². The van der Waals surface area contributed by atoms with Crippen LogP contribution in [0.1, 0.15) is 5.56 Å². The zero-order valence-corrected chi connectivity index (χ0v) is 13.6. The molecule has 0 aliphatic rings. The number of fused-ring (bicyclic) bond motifs is 1. The molecule has 24 heavy (non-hydrogen) atoms. The lowest BCUT2D eigenvalue weighted by molar-refractivity contribution is 0.482. The predicted octanol–water partition coefficient (Wildman–Crippen LogP) is 5.18. The molecule has 4 nitrogen and oxygen atoms in total. The van der Waals surface area contributed by atoms with Gasteiger partial charge >= 0.3 is 0 Å². The van der Waals surface area contributed by atoms with Gasteiger partial charge in [-0.2, -0.15) is 0 Å². The summed E-state index contributed by atoms with van der Waals surface area (Å²) in [5.41, 5.74) is 3.60. The van der Waals surface area contributed by atoms with Crippen molar-refractivity contribution in [3.63, 3.8) is 0 Å². The van der Waals surface area contributed by atoms with Crippen molar-refractivity contribution < 1.29 is 4.74 Å². The highest BCUT2D eigenvalue weighted by Gasteiger charge is 2.10. The quantitative estimate of drug-likeness (QED) is 0.561. The maximum absolute atomic E-state index is 6.17. The minimum atomic E-state index is 0.708. The molecular weight excluding hydrogens is 322 g/mol. The Balaban J connectivity index is 1.72. The van der Waals surface area contributed by atoms with E-state index in [2.05, 4.69) is 21.0 Å². The van der Waals surface area contributed by atoms with Crippen LogP contribution in [0.3, 0.4) is 0 Å². The lowest BCUT2D eigenvalue weighted by Crippen LogP contribution is -1.86. The van der Waals surface area contributed by atoms with E-state index >= 15 is 0 Å².